The summed E-state index contributed by atoms with van der Waals surface area (Å²) in [5, 5.41) is 17.6. The van der Waals surface area contributed by atoms with Gasteiger partial charge in [-0.05, 0) is 43.5 Å². The number of rotatable bonds is 5. The quantitative estimate of drug-likeness (QED) is 0.558. The minimum atomic E-state index is -1.50. The van der Waals surface area contributed by atoms with Crippen molar-refractivity contribution in [1.29, 1.82) is 0 Å². The molecule has 11 heteroatoms. The Morgan fingerprint density at radius 1 is 1.23 bits per heavy atom. The number of nitrogens with one attached hydrogen (secondary N) is 2. The fraction of sp³-hybridized carbons (Fsp3) is 0.400. The van der Waals surface area contributed by atoms with Crippen molar-refractivity contribution in [3.63, 3.8) is 0 Å². The third-order valence-electron chi connectivity index (χ3n) is 5.80. The first-order chi connectivity index (χ1) is 15.0. The van der Waals surface area contributed by atoms with E-state index >= 15 is 0 Å². The van der Waals surface area contributed by atoms with Gasteiger partial charge in [0.15, 0.2) is 22.6 Å². The molecule has 2 aromatic heterocycles. The lowest BCUT2D eigenvalue weighted by Gasteiger charge is -2.25. The Kier molecular flexibility index (Phi) is 5.32. The number of anilines is 2. The summed E-state index contributed by atoms with van der Waals surface area (Å²) in [5.41, 5.74) is 1.40. The van der Waals surface area contributed by atoms with E-state index in [-0.39, 0.29) is 6.04 Å². The van der Waals surface area contributed by atoms with Crippen LogP contribution in [0.3, 0.4) is 0 Å². The van der Waals surface area contributed by atoms with Crippen molar-refractivity contribution in [2.45, 2.75) is 31.4 Å². The second-order valence-electron chi connectivity index (χ2n) is 7.87. The van der Waals surface area contributed by atoms with E-state index in [4.69, 9.17) is 0 Å². The number of aromatic nitrogens is 3. The molecular formula is C20H22F2N6O2S. The number of hydrogen-bond acceptors (Lipinski definition) is 5. The zero-order valence-electron chi connectivity index (χ0n) is 16.6. The molecule has 8 nitrogen and oxygen atoms in total. The van der Waals surface area contributed by atoms with Crippen LogP contribution >= 0.6 is 0 Å². The second-order valence-corrected chi connectivity index (χ2v) is 9.09. The lowest BCUT2D eigenvalue weighted by Crippen LogP contribution is -2.29. The molecule has 3 N–H and O–H groups in total. The molecule has 0 bridgehead atoms. The number of H-pyrrole nitrogens is 1. The predicted octanol–water partition coefficient (Wildman–Crippen LogP) is 2.63. The predicted molar refractivity (Wildman–Crippen MR) is 114 cm³/mol. The fourth-order valence-electron chi connectivity index (χ4n) is 4.31. The molecule has 31 heavy (non-hydrogen) atoms. The number of pyridine rings is 1. The number of halogens is 2. The molecule has 4 heterocycles. The monoisotopic (exact) mass is 448 g/mol. The average Bonchev–Trinajstić information content (AvgIpc) is 3.48. The number of nitrogens with zero attached hydrogens (tertiary/aromatic N) is 4. The normalized spacial score (nSPS) is 23.0. The summed E-state index contributed by atoms with van der Waals surface area (Å²) in [4.78, 5) is 6.31. The highest BCUT2D eigenvalue weighted by atomic mass is 32.2. The summed E-state index contributed by atoms with van der Waals surface area (Å²) in [6.07, 6.45) is 3.18. The van der Waals surface area contributed by atoms with Crippen LogP contribution in [0.2, 0.25) is 0 Å². The molecule has 2 fully saturated rings. The zero-order valence-corrected chi connectivity index (χ0v) is 17.4. The number of β-amino-alcohol motifs (C(OH)–C–C–N with tert-alkyl or cyclic N) is 1. The van der Waals surface area contributed by atoms with E-state index in [0.717, 1.165) is 18.6 Å². The minimum absolute atomic E-state index is 0.310. The van der Waals surface area contributed by atoms with Crippen molar-refractivity contribution in [1.82, 2.24) is 19.5 Å². The highest BCUT2D eigenvalue weighted by Crippen LogP contribution is 2.39. The lowest BCUT2D eigenvalue weighted by molar-refractivity contribution is 0.190. The highest BCUT2D eigenvalue weighted by molar-refractivity contribution is 7.84. The van der Waals surface area contributed by atoms with Crippen LogP contribution in [0, 0.1) is 11.6 Å². The molecule has 1 aromatic carbocycles. The summed E-state index contributed by atoms with van der Waals surface area (Å²) in [7, 11) is 0. The molecule has 0 spiro atoms. The molecule has 2 aliphatic heterocycles. The van der Waals surface area contributed by atoms with Crippen LogP contribution in [0.15, 0.2) is 30.5 Å². The maximum atomic E-state index is 14.4. The summed E-state index contributed by atoms with van der Waals surface area (Å²) in [6, 6.07) is 4.97. The van der Waals surface area contributed by atoms with Gasteiger partial charge in [0.2, 0.25) is 0 Å². The third-order valence-corrected chi connectivity index (χ3v) is 7.01. The van der Waals surface area contributed by atoms with Crippen LogP contribution in [0.4, 0.5) is 20.3 Å². The van der Waals surface area contributed by atoms with Crippen LogP contribution in [0.25, 0.3) is 11.0 Å². The van der Waals surface area contributed by atoms with Crippen LogP contribution in [-0.2, 0) is 11.2 Å². The third kappa shape index (κ3) is 3.88. The second kappa shape index (κ2) is 8.13. The summed E-state index contributed by atoms with van der Waals surface area (Å²) in [5.74, 6) is -0.320. The maximum absolute atomic E-state index is 14.4. The first kappa shape index (κ1) is 20.3. The van der Waals surface area contributed by atoms with Crippen molar-refractivity contribution in [3.8, 4) is 0 Å². The van der Waals surface area contributed by atoms with E-state index in [0.29, 0.717) is 60.6 Å². The average molecular weight is 448 g/mol. The van der Waals surface area contributed by atoms with Gasteiger partial charge in [-0.3, -0.25) is 9.82 Å². The first-order valence-corrected chi connectivity index (χ1v) is 11.3. The number of hydrogen-bond donors (Lipinski definition) is 3. The maximum Gasteiger partial charge on any atom is 0.196 e. The van der Waals surface area contributed by atoms with Gasteiger partial charge in [0.05, 0.1) is 29.4 Å². The van der Waals surface area contributed by atoms with E-state index in [1.165, 1.54) is 6.07 Å². The first-order valence-electron chi connectivity index (χ1n) is 10.2. The number of fused-ring (bicyclic) bond motifs is 1. The summed E-state index contributed by atoms with van der Waals surface area (Å²) < 4.78 is 45.3. The Morgan fingerprint density at radius 2 is 2.10 bits per heavy atom. The Bertz CT molecular complexity index is 1140. The van der Waals surface area contributed by atoms with Crippen molar-refractivity contribution in [3.05, 3.63) is 47.7 Å². The van der Waals surface area contributed by atoms with E-state index in [1.54, 1.807) is 16.6 Å². The number of benzene rings is 1. The van der Waals surface area contributed by atoms with E-state index in [9.17, 15) is 18.1 Å². The molecule has 164 valence electrons. The highest BCUT2D eigenvalue weighted by Gasteiger charge is 2.31. The smallest absolute Gasteiger partial charge is 0.196 e. The lowest BCUT2D eigenvalue weighted by atomic mass is 10.0. The summed E-state index contributed by atoms with van der Waals surface area (Å²) >= 11 is -1.50. The van der Waals surface area contributed by atoms with Crippen LogP contribution in [-0.4, -0.2) is 54.5 Å². The SMILES string of the molecule is O=S(Nc1cnc2[nH]nc(N3CCCC3c3cc(F)ccc3F)c2c1)N1CC[C@H](O)C1. The van der Waals surface area contributed by atoms with Gasteiger partial charge >= 0.3 is 0 Å². The number of aliphatic hydroxyl groups excluding tert-OH is 1. The van der Waals surface area contributed by atoms with Gasteiger partial charge in [0.25, 0.3) is 0 Å². The molecule has 5 rings (SSSR count). The van der Waals surface area contributed by atoms with Gasteiger partial charge in [0, 0.05) is 25.2 Å². The topological polar surface area (TPSA) is 97.4 Å². The Balaban J connectivity index is 1.44. The van der Waals surface area contributed by atoms with Crippen molar-refractivity contribution < 1.29 is 18.1 Å². The number of aliphatic hydroxyl groups is 1. The van der Waals surface area contributed by atoms with Gasteiger partial charge in [-0.1, -0.05) is 0 Å². The number of aromatic amines is 1. The van der Waals surface area contributed by atoms with Gasteiger partial charge in [0.1, 0.15) is 11.6 Å². The molecule has 0 saturated carbocycles. The van der Waals surface area contributed by atoms with E-state index in [1.807, 2.05) is 4.90 Å². The van der Waals surface area contributed by atoms with Crippen molar-refractivity contribution in [2.24, 2.45) is 0 Å². The molecule has 3 aromatic rings. The standard InChI is InChI=1S/C20H22F2N6O2S/c21-12-3-4-17(22)15(8-12)18-2-1-6-28(18)20-16-9-13(10-23-19(16)24-25-20)26-31(30)27-7-5-14(29)11-27/h3-4,8-10,14,18,26,29H,1-2,5-7,11H2,(H,23,24,25)/t14-,18?,31?/m0/s1. The van der Waals surface area contributed by atoms with Crippen LogP contribution in [0.1, 0.15) is 30.9 Å². The Labute approximate surface area is 180 Å². The molecule has 0 radical (unpaired) electrons. The Morgan fingerprint density at radius 3 is 2.90 bits per heavy atom. The van der Waals surface area contributed by atoms with Crippen molar-refractivity contribution in [2.75, 3.05) is 29.3 Å². The summed E-state index contributed by atoms with van der Waals surface area (Å²) in [6.45, 7) is 1.54. The molecule has 2 saturated heterocycles. The van der Waals surface area contributed by atoms with Gasteiger partial charge in [-0.15, -0.1) is 0 Å². The van der Waals surface area contributed by atoms with Crippen molar-refractivity contribution >= 4 is 33.7 Å². The molecule has 2 aliphatic rings. The van der Waals surface area contributed by atoms with E-state index < -0.39 is 28.9 Å². The fourth-order valence-corrected chi connectivity index (χ4v) is 5.33. The van der Waals surface area contributed by atoms with Crippen LogP contribution in [0.5, 0.6) is 0 Å². The van der Waals surface area contributed by atoms with Gasteiger partial charge in [-0.25, -0.2) is 22.3 Å². The molecule has 0 aliphatic carbocycles. The molecule has 2 unspecified atom stereocenters. The Hall–Kier alpha value is -2.63. The largest absolute Gasteiger partial charge is 0.392 e. The van der Waals surface area contributed by atoms with E-state index in [2.05, 4.69) is 19.9 Å². The molecule has 0 amide bonds. The van der Waals surface area contributed by atoms with Crippen LogP contribution < -0.4 is 9.62 Å². The zero-order chi connectivity index (χ0) is 21.5. The molecular weight excluding hydrogens is 426 g/mol. The molecule has 3 atom stereocenters. The van der Waals surface area contributed by atoms with Gasteiger partial charge < -0.3 is 10.0 Å². The van der Waals surface area contributed by atoms with Gasteiger partial charge in [-0.2, -0.15) is 5.10 Å². The minimum Gasteiger partial charge on any atom is -0.392 e.